The molecule has 1 aliphatic carbocycles. The molecule has 0 aromatic rings. The molecule has 0 spiro atoms. The van der Waals surface area contributed by atoms with Crippen molar-refractivity contribution in [2.24, 2.45) is 5.73 Å². The van der Waals surface area contributed by atoms with E-state index in [-0.39, 0.29) is 24.8 Å². The molecule has 9 nitrogen and oxygen atoms in total. The second-order valence-corrected chi connectivity index (χ2v) is 6.32. The number of imide groups is 2. The van der Waals surface area contributed by atoms with Gasteiger partial charge in [-0.05, 0) is 12.8 Å². The van der Waals surface area contributed by atoms with E-state index in [4.69, 9.17) is 10.5 Å². The number of ether oxygens (including phenoxy) is 1. The van der Waals surface area contributed by atoms with Crippen LogP contribution in [0.4, 0.5) is 0 Å². The highest BCUT2D eigenvalue weighted by Gasteiger charge is 2.47. The third-order valence-corrected chi connectivity index (χ3v) is 4.61. The molecule has 1 saturated heterocycles. The Hall–Kier alpha value is -2.36. The zero-order valence-electron chi connectivity index (χ0n) is 14.3. The van der Waals surface area contributed by atoms with Gasteiger partial charge < -0.3 is 15.8 Å². The fraction of sp³-hybridized carbons (Fsp3) is 0.529. The van der Waals surface area contributed by atoms with Crippen LogP contribution in [0.2, 0.25) is 0 Å². The van der Waals surface area contributed by atoms with Gasteiger partial charge in [-0.25, -0.2) is 0 Å². The Morgan fingerprint density at radius 2 is 2.04 bits per heavy atom. The minimum Gasteiger partial charge on any atom is -0.379 e. The Labute approximate surface area is 150 Å². The first-order valence-corrected chi connectivity index (χ1v) is 8.68. The van der Waals surface area contributed by atoms with Gasteiger partial charge >= 0.3 is 0 Å². The summed E-state index contributed by atoms with van der Waals surface area (Å²) in [7, 11) is 0. The molecule has 2 aliphatic heterocycles. The van der Waals surface area contributed by atoms with E-state index in [2.05, 4.69) is 10.6 Å². The molecule has 2 atom stereocenters. The number of carbonyl (C=O) groups excluding carboxylic acids is 4. The molecule has 1 fully saturated rings. The molecule has 0 aromatic heterocycles. The van der Waals surface area contributed by atoms with Crippen molar-refractivity contribution in [3.05, 3.63) is 23.3 Å². The van der Waals surface area contributed by atoms with Gasteiger partial charge in [-0.15, -0.1) is 0 Å². The van der Waals surface area contributed by atoms with Crippen LogP contribution in [-0.2, 0) is 23.9 Å². The second-order valence-electron chi connectivity index (χ2n) is 6.32. The Morgan fingerprint density at radius 3 is 2.77 bits per heavy atom. The van der Waals surface area contributed by atoms with Crippen molar-refractivity contribution in [2.75, 3.05) is 26.3 Å². The number of hydrogen-bond acceptors (Lipinski definition) is 7. The maximum atomic E-state index is 12.9. The van der Waals surface area contributed by atoms with E-state index in [1.54, 1.807) is 6.08 Å². The Bertz CT molecular complexity index is 699. The molecule has 3 aliphatic rings. The molecule has 0 radical (unpaired) electrons. The summed E-state index contributed by atoms with van der Waals surface area (Å²) in [5.41, 5.74) is 6.05. The normalized spacial score (nSPS) is 25.8. The average molecular weight is 362 g/mol. The first-order chi connectivity index (χ1) is 12.5. The van der Waals surface area contributed by atoms with Gasteiger partial charge in [-0.1, -0.05) is 12.2 Å². The number of hydrogen-bond donors (Lipinski definition) is 3. The second kappa shape index (κ2) is 7.90. The smallest absolute Gasteiger partial charge is 0.262 e. The van der Waals surface area contributed by atoms with E-state index in [1.807, 2.05) is 6.08 Å². The molecular formula is C17H22N4O5. The molecule has 2 unspecified atom stereocenters. The maximum absolute atomic E-state index is 12.9. The van der Waals surface area contributed by atoms with Gasteiger partial charge in [0, 0.05) is 31.1 Å². The summed E-state index contributed by atoms with van der Waals surface area (Å²) in [4.78, 5) is 50.0. The van der Waals surface area contributed by atoms with Crippen molar-refractivity contribution in [1.82, 2.24) is 15.5 Å². The van der Waals surface area contributed by atoms with Crippen LogP contribution in [0.3, 0.4) is 0 Å². The standard InChI is InChI=1S/C17H22N4O5/c18-6-8-26-9-7-19-11-3-1-2-10-14(11)17(25)21(16(10)24)12-4-5-13(22)20-15(12)23/h1-2,11-12,19H,3-9,18H2,(H,20,22,23). The lowest BCUT2D eigenvalue weighted by atomic mass is 9.94. The lowest BCUT2D eigenvalue weighted by molar-refractivity contribution is -0.150. The van der Waals surface area contributed by atoms with Crippen LogP contribution in [0.25, 0.3) is 0 Å². The quantitative estimate of drug-likeness (QED) is 0.365. The van der Waals surface area contributed by atoms with Crippen molar-refractivity contribution < 1.29 is 23.9 Å². The third kappa shape index (κ3) is 3.46. The van der Waals surface area contributed by atoms with Crippen LogP contribution in [-0.4, -0.2) is 66.9 Å². The summed E-state index contributed by atoms with van der Waals surface area (Å²) in [6, 6.07) is -1.26. The summed E-state index contributed by atoms with van der Waals surface area (Å²) in [6.45, 7) is 1.85. The molecule has 0 bridgehead atoms. The first-order valence-electron chi connectivity index (χ1n) is 8.68. The highest BCUT2D eigenvalue weighted by Crippen LogP contribution is 2.32. The van der Waals surface area contributed by atoms with Gasteiger partial charge in [0.15, 0.2) is 0 Å². The van der Waals surface area contributed by atoms with E-state index >= 15 is 0 Å². The van der Waals surface area contributed by atoms with E-state index in [0.717, 1.165) is 4.90 Å². The van der Waals surface area contributed by atoms with Crippen molar-refractivity contribution in [1.29, 1.82) is 0 Å². The van der Waals surface area contributed by atoms with Crippen molar-refractivity contribution >= 4 is 23.6 Å². The molecule has 4 N–H and O–H groups in total. The lowest BCUT2D eigenvalue weighted by Gasteiger charge is -2.28. The predicted octanol–water partition coefficient (Wildman–Crippen LogP) is -1.65. The molecule has 9 heteroatoms. The van der Waals surface area contributed by atoms with Crippen LogP contribution in [0.5, 0.6) is 0 Å². The van der Waals surface area contributed by atoms with Gasteiger partial charge in [0.2, 0.25) is 11.8 Å². The summed E-state index contributed by atoms with van der Waals surface area (Å²) in [5.74, 6) is -1.95. The van der Waals surface area contributed by atoms with Gasteiger partial charge in [0.1, 0.15) is 6.04 Å². The molecule has 4 amide bonds. The van der Waals surface area contributed by atoms with E-state index < -0.39 is 23.8 Å². The third-order valence-electron chi connectivity index (χ3n) is 4.61. The minimum absolute atomic E-state index is 0.105. The Kier molecular flexibility index (Phi) is 5.60. The number of nitrogens with one attached hydrogen (secondary N) is 2. The van der Waals surface area contributed by atoms with Crippen LogP contribution >= 0.6 is 0 Å². The fourth-order valence-corrected chi connectivity index (χ4v) is 3.41. The summed E-state index contributed by atoms with van der Waals surface area (Å²) in [5, 5.41) is 5.41. The van der Waals surface area contributed by atoms with Crippen LogP contribution in [0.1, 0.15) is 19.3 Å². The van der Waals surface area contributed by atoms with Gasteiger partial charge in [-0.3, -0.25) is 29.4 Å². The summed E-state index contributed by atoms with van der Waals surface area (Å²) < 4.78 is 5.30. The van der Waals surface area contributed by atoms with Crippen molar-refractivity contribution in [2.45, 2.75) is 31.3 Å². The van der Waals surface area contributed by atoms with Crippen LogP contribution < -0.4 is 16.4 Å². The van der Waals surface area contributed by atoms with E-state index in [0.29, 0.717) is 43.9 Å². The first kappa shape index (κ1) is 18.4. The van der Waals surface area contributed by atoms with Crippen molar-refractivity contribution in [3.8, 4) is 0 Å². The SMILES string of the molecule is NCCOCCNC1CC=CC2=C1C(=O)N(C1CCC(=O)NC1=O)C2=O. The van der Waals surface area contributed by atoms with Gasteiger partial charge in [0.25, 0.3) is 11.8 Å². The molecular weight excluding hydrogens is 340 g/mol. The lowest BCUT2D eigenvalue weighted by Crippen LogP contribution is -2.55. The molecule has 140 valence electrons. The average Bonchev–Trinajstić information content (AvgIpc) is 2.87. The van der Waals surface area contributed by atoms with E-state index in [1.165, 1.54) is 0 Å². The van der Waals surface area contributed by atoms with Crippen molar-refractivity contribution in [3.63, 3.8) is 0 Å². The molecule has 2 heterocycles. The highest BCUT2D eigenvalue weighted by atomic mass is 16.5. The number of carbonyl (C=O) groups is 4. The predicted molar refractivity (Wildman–Crippen MR) is 90.5 cm³/mol. The number of nitrogens with two attached hydrogens (primary N) is 1. The van der Waals surface area contributed by atoms with Crippen LogP contribution in [0, 0.1) is 0 Å². The number of rotatable bonds is 7. The number of nitrogens with zero attached hydrogens (tertiary/aromatic N) is 1. The van der Waals surface area contributed by atoms with Gasteiger partial charge in [-0.2, -0.15) is 0 Å². The minimum atomic E-state index is -0.944. The van der Waals surface area contributed by atoms with Crippen LogP contribution in [0.15, 0.2) is 23.3 Å². The maximum Gasteiger partial charge on any atom is 0.262 e. The fourth-order valence-electron chi connectivity index (χ4n) is 3.41. The molecule has 26 heavy (non-hydrogen) atoms. The highest BCUT2D eigenvalue weighted by molar-refractivity contribution is 6.23. The number of piperidine rings is 1. The Balaban J connectivity index is 1.71. The monoisotopic (exact) mass is 362 g/mol. The van der Waals surface area contributed by atoms with Gasteiger partial charge in [0.05, 0.1) is 18.8 Å². The summed E-state index contributed by atoms with van der Waals surface area (Å²) in [6.07, 6.45) is 4.28. The summed E-state index contributed by atoms with van der Waals surface area (Å²) >= 11 is 0. The van der Waals surface area contributed by atoms with E-state index in [9.17, 15) is 19.2 Å². The Morgan fingerprint density at radius 1 is 1.23 bits per heavy atom. The number of amides is 4. The zero-order chi connectivity index (χ0) is 18.7. The molecule has 0 saturated carbocycles. The zero-order valence-corrected chi connectivity index (χ0v) is 14.3. The molecule has 3 rings (SSSR count). The molecule has 0 aromatic carbocycles. The largest absolute Gasteiger partial charge is 0.379 e. The topological polar surface area (TPSA) is 131 Å².